The summed E-state index contributed by atoms with van der Waals surface area (Å²) in [6.07, 6.45) is 4.76. The van der Waals surface area contributed by atoms with Gasteiger partial charge < -0.3 is 4.57 Å². The van der Waals surface area contributed by atoms with E-state index in [1.54, 1.807) is 24.5 Å². The summed E-state index contributed by atoms with van der Waals surface area (Å²) in [5, 5.41) is 4.75. The summed E-state index contributed by atoms with van der Waals surface area (Å²) in [6, 6.07) is 13.1. The summed E-state index contributed by atoms with van der Waals surface area (Å²) in [6.45, 7) is 4.03. The second-order valence-corrected chi connectivity index (χ2v) is 6.02. The monoisotopic (exact) mass is 352 g/mol. The second-order valence-electron chi connectivity index (χ2n) is 5.58. The molecule has 0 aliphatic rings. The molecule has 1 amide bonds. The van der Waals surface area contributed by atoms with E-state index in [0.717, 1.165) is 22.6 Å². The third-order valence-electron chi connectivity index (χ3n) is 3.85. The van der Waals surface area contributed by atoms with E-state index >= 15 is 0 Å². The minimum atomic E-state index is -0.296. The fourth-order valence-corrected chi connectivity index (χ4v) is 2.75. The van der Waals surface area contributed by atoms with Gasteiger partial charge in [-0.25, -0.2) is 5.43 Å². The molecule has 3 rings (SSSR count). The van der Waals surface area contributed by atoms with Crippen molar-refractivity contribution in [1.82, 2.24) is 15.0 Å². The number of halogens is 1. The molecule has 0 unspecified atom stereocenters. The molecule has 25 heavy (non-hydrogen) atoms. The van der Waals surface area contributed by atoms with Crippen molar-refractivity contribution >= 4 is 23.7 Å². The number of rotatable bonds is 4. The number of pyridine rings is 1. The Morgan fingerprint density at radius 3 is 2.68 bits per heavy atom. The highest BCUT2D eigenvalue weighted by atomic mass is 35.5. The molecule has 3 aromatic rings. The fourth-order valence-electron chi connectivity index (χ4n) is 2.63. The van der Waals surface area contributed by atoms with Gasteiger partial charge in [0.25, 0.3) is 5.91 Å². The van der Waals surface area contributed by atoms with Gasteiger partial charge in [-0.3, -0.25) is 9.78 Å². The lowest BCUT2D eigenvalue weighted by molar-refractivity contribution is 0.0955. The lowest BCUT2D eigenvalue weighted by Gasteiger charge is -2.09. The van der Waals surface area contributed by atoms with Crippen molar-refractivity contribution < 1.29 is 4.79 Å². The van der Waals surface area contributed by atoms with Gasteiger partial charge in [0.1, 0.15) is 0 Å². The Balaban J connectivity index is 1.79. The molecule has 1 aromatic carbocycles. The molecule has 2 aromatic heterocycles. The Hall–Kier alpha value is -2.92. The van der Waals surface area contributed by atoms with Crippen molar-refractivity contribution in [2.24, 2.45) is 5.10 Å². The van der Waals surface area contributed by atoms with E-state index in [0.29, 0.717) is 10.6 Å². The summed E-state index contributed by atoms with van der Waals surface area (Å²) in [5.74, 6) is -0.296. The van der Waals surface area contributed by atoms with Crippen LogP contribution in [0.5, 0.6) is 0 Å². The number of hydrogen-bond donors (Lipinski definition) is 1. The first-order valence-electron chi connectivity index (χ1n) is 7.74. The number of nitrogens with one attached hydrogen (secondary N) is 1. The highest BCUT2D eigenvalue weighted by molar-refractivity contribution is 6.30. The lowest BCUT2D eigenvalue weighted by atomic mass is 10.2. The van der Waals surface area contributed by atoms with E-state index < -0.39 is 0 Å². The van der Waals surface area contributed by atoms with Gasteiger partial charge >= 0.3 is 0 Å². The van der Waals surface area contributed by atoms with E-state index in [2.05, 4.69) is 20.1 Å². The summed E-state index contributed by atoms with van der Waals surface area (Å²) in [5.41, 5.74) is 7.03. The molecule has 0 radical (unpaired) electrons. The van der Waals surface area contributed by atoms with Crippen molar-refractivity contribution in [3.8, 4) is 5.69 Å². The third kappa shape index (κ3) is 3.78. The molecule has 0 saturated heterocycles. The maximum atomic E-state index is 12.0. The zero-order valence-electron chi connectivity index (χ0n) is 13.9. The smallest absolute Gasteiger partial charge is 0.272 e. The molecule has 2 heterocycles. The van der Waals surface area contributed by atoms with Gasteiger partial charge in [0.2, 0.25) is 0 Å². The molecular formula is C19H17ClN4O. The van der Waals surface area contributed by atoms with Gasteiger partial charge in [-0.15, -0.1) is 0 Å². The van der Waals surface area contributed by atoms with Crippen molar-refractivity contribution in [1.29, 1.82) is 0 Å². The normalized spacial score (nSPS) is 11.0. The Morgan fingerprint density at radius 1 is 1.24 bits per heavy atom. The quantitative estimate of drug-likeness (QED) is 0.571. The highest BCUT2D eigenvalue weighted by Crippen LogP contribution is 2.21. The summed E-state index contributed by atoms with van der Waals surface area (Å²) in [4.78, 5) is 15.9. The summed E-state index contributed by atoms with van der Waals surface area (Å²) in [7, 11) is 0. The van der Waals surface area contributed by atoms with Crippen molar-refractivity contribution in [2.45, 2.75) is 13.8 Å². The number of aromatic nitrogens is 2. The third-order valence-corrected chi connectivity index (χ3v) is 4.10. The van der Waals surface area contributed by atoms with Crippen LogP contribution in [-0.2, 0) is 0 Å². The number of nitrogens with zero attached hydrogens (tertiary/aromatic N) is 3. The molecule has 0 bridgehead atoms. The van der Waals surface area contributed by atoms with Crippen LogP contribution in [0.15, 0.2) is 60.0 Å². The summed E-state index contributed by atoms with van der Waals surface area (Å²) >= 11 is 5.96. The molecule has 0 saturated carbocycles. The Bertz CT molecular complexity index is 915. The van der Waals surface area contributed by atoms with Crippen LogP contribution in [-0.4, -0.2) is 21.7 Å². The van der Waals surface area contributed by atoms with E-state index in [1.165, 1.54) is 6.20 Å². The van der Waals surface area contributed by atoms with Crippen LogP contribution in [0, 0.1) is 13.8 Å². The molecular weight excluding hydrogens is 336 g/mol. The van der Waals surface area contributed by atoms with Crippen LogP contribution in [0.1, 0.15) is 27.3 Å². The van der Waals surface area contributed by atoms with E-state index in [4.69, 9.17) is 11.6 Å². The zero-order valence-corrected chi connectivity index (χ0v) is 14.7. The minimum absolute atomic E-state index is 0.296. The Morgan fingerprint density at radius 2 is 2.00 bits per heavy atom. The molecule has 0 atom stereocenters. The van der Waals surface area contributed by atoms with Gasteiger partial charge in [-0.1, -0.05) is 11.6 Å². The summed E-state index contributed by atoms with van der Waals surface area (Å²) < 4.78 is 2.11. The minimum Gasteiger partial charge on any atom is -0.318 e. The predicted molar refractivity (Wildman–Crippen MR) is 99.6 cm³/mol. The van der Waals surface area contributed by atoms with Crippen molar-refractivity contribution in [3.63, 3.8) is 0 Å². The van der Waals surface area contributed by atoms with Crippen LogP contribution in [0.4, 0.5) is 0 Å². The predicted octanol–water partition coefficient (Wildman–Crippen LogP) is 3.91. The van der Waals surface area contributed by atoms with E-state index in [-0.39, 0.29) is 5.91 Å². The van der Waals surface area contributed by atoms with Crippen LogP contribution in [0.2, 0.25) is 5.02 Å². The number of hydrazone groups is 1. The molecule has 0 aliphatic heterocycles. The topological polar surface area (TPSA) is 59.3 Å². The fraction of sp³-hybridized carbons (Fsp3) is 0.105. The van der Waals surface area contributed by atoms with Gasteiger partial charge in [0, 0.05) is 40.1 Å². The maximum absolute atomic E-state index is 12.0. The van der Waals surface area contributed by atoms with E-state index in [9.17, 15) is 4.79 Å². The standard InChI is InChI=1S/C19H17ClN4O/c1-13-10-16(12-22-23-19(25)15-4-3-9-21-11-15)14(2)24(13)18-7-5-17(20)6-8-18/h3-12H,1-2H3,(H,23,25)/b22-12+. The van der Waals surface area contributed by atoms with Crippen LogP contribution in [0.25, 0.3) is 5.69 Å². The highest BCUT2D eigenvalue weighted by Gasteiger charge is 2.09. The number of benzene rings is 1. The lowest BCUT2D eigenvalue weighted by Crippen LogP contribution is -2.17. The molecule has 5 nitrogen and oxygen atoms in total. The van der Waals surface area contributed by atoms with E-state index in [1.807, 2.05) is 44.2 Å². The second kappa shape index (κ2) is 7.32. The first-order chi connectivity index (χ1) is 12.1. The zero-order chi connectivity index (χ0) is 17.8. The van der Waals surface area contributed by atoms with Crippen LogP contribution >= 0.6 is 11.6 Å². The van der Waals surface area contributed by atoms with Gasteiger partial charge in [0.15, 0.2) is 0 Å². The molecule has 0 spiro atoms. The van der Waals surface area contributed by atoms with Crippen LogP contribution < -0.4 is 5.43 Å². The molecule has 0 aliphatic carbocycles. The van der Waals surface area contributed by atoms with Gasteiger partial charge in [-0.2, -0.15) is 5.10 Å². The molecule has 6 heteroatoms. The largest absolute Gasteiger partial charge is 0.318 e. The molecule has 0 fully saturated rings. The SMILES string of the molecule is Cc1cc(/C=N/NC(=O)c2cccnc2)c(C)n1-c1ccc(Cl)cc1. The number of aryl methyl sites for hydroxylation is 1. The number of amides is 1. The Labute approximate surface area is 151 Å². The number of carbonyl (C=O) groups excluding carboxylic acids is 1. The average Bonchev–Trinajstić information content (AvgIpc) is 2.90. The first kappa shape index (κ1) is 16.9. The first-order valence-corrected chi connectivity index (χ1v) is 8.12. The van der Waals surface area contributed by atoms with Crippen LogP contribution in [0.3, 0.4) is 0 Å². The molecule has 1 N–H and O–H groups in total. The number of hydrogen-bond acceptors (Lipinski definition) is 3. The maximum Gasteiger partial charge on any atom is 0.272 e. The Kier molecular flexibility index (Phi) is 4.95. The average molecular weight is 353 g/mol. The van der Waals surface area contributed by atoms with Crippen molar-refractivity contribution in [3.05, 3.63) is 82.4 Å². The molecule has 126 valence electrons. The van der Waals surface area contributed by atoms with Crippen molar-refractivity contribution in [2.75, 3.05) is 0 Å². The van der Waals surface area contributed by atoms with Gasteiger partial charge in [-0.05, 0) is 56.3 Å². The van der Waals surface area contributed by atoms with Gasteiger partial charge in [0.05, 0.1) is 11.8 Å². The number of carbonyl (C=O) groups is 1.